The zero-order chi connectivity index (χ0) is 13.4. The van der Waals surface area contributed by atoms with Crippen LogP contribution in [0.4, 0.5) is 11.4 Å². The van der Waals surface area contributed by atoms with Gasteiger partial charge in [-0.05, 0) is 12.5 Å². The Kier molecular flexibility index (Phi) is 5.97. The van der Waals surface area contributed by atoms with Crippen molar-refractivity contribution in [2.24, 2.45) is 0 Å². The number of anilines is 2. The van der Waals surface area contributed by atoms with Crippen molar-refractivity contribution in [3.8, 4) is 0 Å². The van der Waals surface area contributed by atoms with Crippen molar-refractivity contribution in [1.82, 2.24) is 10.3 Å². The van der Waals surface area contributed by atoms with Gasteiger partial charge < -0.3 is 15.5 Å². The minimum Gasteiger partial charge on any atom is -0.384 e. The summed E-state index contributed by atoms with van der Waals surface area (Å²) >= 11 is 0. The van der Waals surface area contributed by atoms with Crippen LogP contribution in [0.3, 0.4) is 0 Å². The molecule has 5 heteroatoms. The van der Waals surface area contributed by atoms with E-state index in [2.05, 4.69) is 22.5 Å². The van der Waals surface area contributed by atoms with Crippen LogP contribution in [0.15, 0.2) is 18.5 Å². The topological polar surface area (TPSA) is 57.3 Å². The van der Waals surface area contributed by atoms with Gasteiger partial charge in [-0.2, -0.15) is 0 Å². The molecule has 0 radical (unpaired) electrons. The molecule has 0 spiro atoms. The molecule has 100 valence electrons. The fourth-order valence-electron chi connectivity index (χ4n) is 1.53. The summed E-state index contributed by atoms with van der Waals surface area (Å²) < 4.78 is 0. The highest BCUT2D eigenvalue weighted by atomic mass is 16.1. The van der Waals surface area contributed by atoms with E-state index in [0.717, 1.165) is 24.3 Å². The minimum atomic E-state index is 0.0510. The first-order valence-electron chi connectivity index (χ1n) is 6.28. The molecule has 18 heavy (non-hydrogen) atoms. The molecule has 0 atom stereocenters. The first-order chi connectivity index (χ1) is 8.67. The van der Waals surface area contributed by atoms with E-state index < -0.39 is 0 Å². The molecule has 1 aromatic rings. The van der Waals surface area contributed by atoms with Crippen LogP contribution in [0.2, 0.25) is 0 Å². The van der Waals surface area contributed by atoms with E-state index in [1.54, 1.807) is 13.2 Å². The van der Waals surface area contributed by atoms with E-state index in [9.17, 15) is 4.79 Å². The van der Waals surface area contributed by atoms with Gasteiger partial charge in [0.05, 0.1) is 23.8 Å². The summed E-state index contributed by atoms with van der Waals surface area (Å²) in [5.74, 6) is 0.0510. The van der Waals surface area contributed by atoms with Crippen LogP contribution < -0.4 is 15.5 Å². The smallest absolute Gasteiger partial charge is 0.221 e. The Morgan fingerprint density at radius 3 is 2.89 bits per heavy atom. The van der Waals surface area contributed by atoms with Gasteiger partial charge in [0, 0.05) is 33.6 Å². The van der Waals surface area contributed by atoms with Crippen molar-refractivity contribution in [1.29, 1.82) is 0 Å². The SMILES string of the molecule is CCCNc1cncc(N(C)CCC(=O)NC)c1. The molecule has 0 aliphatic rings. The lowest BCUT2D eigenvalue weighted by Gasteiger charge is -2.19. The summed E-state index contributed by atoms with van der Waals surface area (Å²) in [7, 11) is 3.61. The average Bonchev–Trinajstić information content (AvgIpc) is 2.42. The van der Waals surface area contributed by atoms with Crippen LogP contribution in [0, 0.1) is 0 Å². The maximum absolute atomic E-state index is 11.2. The zero-order valence-corrected chi connectivity index (χ0v) is 11.4. The molecular formula is C13H22N4O. The molecule has 1 heterocycles. The van der Waals surface area contributed by atoms with Crippen LogP contribution in [0.25, 0.3) is 0 Å². The summed E-state index contributed by atoms with van der Waals surface area (Å²) in [4.78, 5) is 17.4. The fourth-order valence-corrected chi connectivity index (χ4v) is 1.53. The van der Waals surface area contributed by atoms with Gasteiger partial charge in [-0.1, -0.05) is 6.92 Å². The van der Waals surface area contributed by atoms with Gasteiger partial charge in [0.25, 0.3) is 0 Å². The molecule has 0 saturated heterocycles. The molecule has 1 aromatic heterocycles. The van der Waals surface area contributed by atoms with Crippen LogP contribution in [0.1, 0.15) is 19.8 Å². The summed E-state index contributed by atoms with van der Waals surface area (Å²) in [5.41, 5.74) is 2.03. The number of aromatic nitrogens is 1. The van der Waals surface area contributed by atoms with E-state index in [4.69, 9.17) is 0 Å². The number of pyridine rings is 1. The number of hydrogen-bond donors (Lipinski definition) is 2. The number of carbonyl (C=O) groups excluding carboxylic acids is 1. The number of nitrogens with zero attached hydrogens (tertiary/aromatic N) is 2. The highest BCUT2D eigenvalue weighted by Crippen LogP contribution is 2.16. The number of hydrogen-bond acceptors (Lipinski definition) is 4. The molecule has 5 nitrogen and oxygen atoms in total. The van der Waals surface area contributed by atoms with Crippen LogP contribution in [-0.2, 0) is 4.79 Å². The molecule has 1 amide bonds. The van der Waals surface area contributed by atoms with Crippen molar-refractivity contribution < 1.29 is 4.79 Å². The van der Waals surface area contributed by atoms with E-state index in [1.807, 2.05) is 24.2 Å². The molecular weight excluding hydrogens is 228 g/mol. The van der Waals surface area contributed by atoms with Crippen LogP contribution >= 0.6 is 0 Å². The second-order valence-electron chi connectivity index (χ2n) is 4.20. The van der Waals surface area contributed by atoms with E-state index >= 15 is 0 Å². The minimum absolute atomic E-state index is 0.0510. The third-order valence-corrected chi connectivity index (χ3v) is 2.70. The highest BCUT2D eigenvalue weighted by Gasteiger charge is 2.05. The van der Waals surface area contributed by atoms with Gasteiger partial charge in [-0.3, -0.25) is 9.78 Å². The second kappa shape index (κ2) is 7.53. The van der Waals surface area contributed by atoms with Gasteiger partial charge in [0.1, 0.15) is 0 Å². The average molecular weight is 250 g/mol. The molecule has 0 aromatic carbocycles. The Labute approximate surface area is 109 Å². The van der Waals surface area contributed by atoms with Crippen molar-refractivity contribution >= 4 is 17.3 Å². The first-order valence-corrected chi connectivity index (χ1v) is 6.28. The lowest BCUT2D eigenvalue weighted by molar-refractivity contribution is -0.120. The van der Waals surface area contributed by atoms with Gasteiger partial charge in [0.15, 0.2) is 0 Å². The predicted octanol–water partition coefficient (Wildman–Crippen LogP) is 1.48. The van der Waals surface area contributed by atoms with E-state index in [-0.39, 0.29) is 5.91 Å². The third kappa shape index (κ3) is 4.61. The molecule has 0 aliphatic carbocycles. The van der Waals surface area contributed by atoms with Gasteiger partial charge in [-0.15, -0.1) is 0 Å². The maximum Gasteiger partial charge on any atom is 0.221 e. The first kappa shape index (κ1) is 14.3. The third-order valence-electron chi connectivity index (χ3n) is 2.70. The van der Waals surface area contributed by atoms with Gasteiger partial charge >= 0.3 is 0 Å². The maximum atomic E-state index is 11.2. The Balaban J connectivity index is 2.56. The molecule has 0 fully saturated rings. The lowest BCUT2D eigenvalue weighted by Crippen LogP contribution is -2.26. The summed E-state index contributed by atoms with van der Waals surface area (Å²) in [6, 6.07) is 2.05. The van der Waals surface area contributed by atoms with Crippen molar-refractivity contribution in [2.45, 2.75) is 19.8 Å². The number of nitrogens with one attached hydrogen (secondary N) is 2. The molecule has 1 rings (SSSR count). The van der Waals surface area contributed by atoms with E-state index in [1.165, 1.54) is 0 Å². The van der Waals surface area contributed by atoms with Crippen LogP contribution in [-0.4, -0.2) is 38.1 Å². The summed E-state index contributed by atoms with van der Waals surface area (Å²) in [5, 5.41) is 5.91. The second-order valence-corrected chi connectivity index (χ2v) is 4.20. The Morgan fingerprint density at radius 1 is 1.44 bits per heavy atom. The standard InChI is InChI=1S/C13H22N4O/c1-4-6-16-11-8-12(10-15-9-11)17(3)7-5-13(18)14-2/h8-10,16H,4-7H2,1-3H3,(H,14,18). The fraction of sp³-hybridized carbons (Fsp3) is 0.538. The quantitative estimate of drug-likeness (QED) is 0.769. The Morgan fingerprint density at radius 2 is 2.22 bits per heavy atom. The molecule has 2 N–H and O–H groups in total. The highest BCUT2D eigenvalue weighted by molar-refractivity contribution is 5.76. The molecule has 0 unspecified atom stereocenters. The normalized spacial score (nSPS) is 9.94. The monoisotopic (exact) mass is 250 g/mol. The van der Waals surface area contributed by atoms with Crippen molar-refractivity contribution in [3.05, 3.63) is 18.5 Å². The lowest BCUT2D eigenvalue weighted by atomic mass is 10.3. The predicted molar refractivity (Wildman–Crippen MR) is 75.0 cm³/mol. The Bertz CT molecular complexity index is 381. The van der Waals surface area contributed by atoms with Crippen molar-refractivity contribution in [2.75, 3.05) is 37.4 Å². The van der Waals surface area contributed by atoms with Gasteiger partial charge in [0.2, 0.25) is 5.91 Å². The molecule has 0 saturated carbocycles. The summed E-state index contributed by atoms with van der Waals surface area (Å²) in [6.45, 7) is 3.74. The largest absolute Gasteiger partial charge is 0.384 e. The number of amides is 1. The summed E-state index contributed by atoms with van der Waals surface area (Å²) in [6.07, 6.45) is 5.18. The molecule has 0 aliphatic heterocycles. The number of carbonyl (C=O) groups is 1. The number of rotatable bonds is 7. The Hall–Kier alpha value is -1.78. The van der Waals surface area contributed by atoms with Gasteiger partial charge in [-0.25, -0.2) is 0 Å². The van der Waals surface area contributed by atoms with Crippen molar-refractivity contribution in [3.63, 3.8) is 0 Å². The van der Waals surface area contributed by atoms with E-state index in [0.29, 0.717) is 13.0 Å². The molecule has 0 bridgehead atoms. The van der Waals surface area contributed by atoms with Crippen LogP contribution in [0.5, 0.6) is 0 Å². The zero-order valence-electron chi connectivity index (χ0n) is 11.4.